The van der Waals surface area contributed by atoms with Crippen molar-refractivity contribution >= 4 is 31.5 Å². The van der Waals surface area contributed by atoms with Crippen LogP contribution >= 0.6 is 11.6 Å². The normalized spacial score (nSPS) is 12.5. The SMILES string of the molecule is CCNS(=O)(=O)CCNCc1c(Cl)cccc1S(C)(=O)=O. The number of sulfone groups is 1. The Morgan fingerprint density at radius 3 is 2.43 bits per heavy atom. The minimum atomic E-state index is -3.39. The van der Waals surface area contributed by atoms with Crippen LogP contribution < -0.4 is 10.0 Å². The van der Waals surface area contributed by atoms with Crippen LogP contribution in [0.2, 0.25) is 5.02 Å². The van der Waals surface area contributed by atoms with Gasteiger partial charge < -0.3 is 5.32 Å². The van der Waals surface area contributed by atoms with E-state index < -0.39 is 19.9 Å². The second-order valence-corrected chi connectivity index (χ2v) is 8.80. The monoisotopic (exact) mass is 354 g/mol. The van der Waals surface area contributed by atoms with Gasteiger partial charge in [0.2, 0.25) is 10.0 Å². The Morgan fingerprint density at radius 2 is 1.86 bits per heavy atom. The fraction of sp³-hybridized carbons (Fsp3) is 0.500. The minimum Gasteiger partial charge on any atom is -0.312 e. The molecule has 0 amide bonds. The van der Waals surface area contributed by atoms with Gasteiger partial charge in [-0.05, 0) is 12.1 Å². The lowest BCUT2D eigenvalue weighted by atomic mass is 10.2. The molecule has 1 aromatic rings. The maximum absolute atomic E-state index is 11.7. The molecule has 2 N–H and O–H groups in total. The summed E-state index contributed by atoms with van der Waals surface area (Å²) >= 11 is 6.02. The van der Waals surface area contributed by atoms with E-state index in [1.165, 1.54) is 6.07 Å². The third-order valence-electron chi connectivity index (χ3n) is 2.69. The highest BCUT2D eigenvalue weighted by Crippen LogP contribution is 2.23. The van der Waals surface area contributed by atoms with Crippen molar-refractivity contribution in [1.82, 2.24) is 10.0 Å². The van der Waals surface area contributed by atoms with Gasteiger partial charge in [-0.2, -0.15) is 0 Å². The smallest absolute Gasteiger partial charge is 0.212 e. The molecule has 0 unspecified atom stereocenters. The molecule has 0 bridgehead atoms. The molecule has 0 fully saturated rings. The standard InChI is InChI=1S/C12H19ClN2O4S2/c1-3-15-21(18,19)8-7-14-9-10-11(13)5-4-6-12(10)20(2,16)17/h4-6,14-15H,3,7-9H2,1-2H3. The van der Waals surface area contributed by atoms with Crippen molar-refractivity contribution in [2.75, 3.05) is 25.1 Å². The number of hydrogen-bond donors (Lipinski definition) is 2. The van der Waals surface area contributed by atoms with Crippen LogP contribution in [0.3, 0.4) is 0 Å². The van der Waals surface area contributed by atoms with Gasteiger partial charge in [-0.15, -0.1) is 0 Å². The number of sulfonamides is 1. The first-order valence-electron chi connectivity index (χ1n) is 6.33. The van der Waals surface area contributed by atoms with Crippen molar-refractivity contribution < 1.29 is 16.8 Å². The lowest BCUT2D eigenvalue weighted by Crippen LogP contribution is -2.31. The van der Waals surface area contributed by atoms with Crippen LogP contribution in [0, 0.1) is 0 Å². The fourth-order valence-corrected chi connectivity index (χ4v) is 4.02. The molecule has 9 heteroatoms. The van der Waals surface area contributed by atoms with Crippen LogP contribution in [0.5, 0.6) is 0 Å². The zero-order valence-corrected chi connectivity index (χ0v) is 14.3. The van der Waals surface area contributed by atoms with E-state index in [1.54, 1.807) is 19.1 Å². The Labute approximate surface area is 130 Å². The summed E-state index contributed by atoms with van der Waals surface area (Å²) in [6.07, 6.45) is 1.11. The average Bonchev–Trinajstić information content (AvgIpc) is 2.34. The van der Waals surface area contributed by atoms with Gasteiger partial charge in [-0.1, -0.05) is 24.6 Å². The second kappa shape index (κ2) is 7.55. The van der Waals surface area contributed by atoms with Crippen molar-refractivity contribution in [2.24, 2.45) is 0 Å². The molecule has 6 nitrogen and oxygen atoms in total. The third-order valence-corrected chi connectivity index (χ3v) is 5.69. The number of halogens is 1. The summed E-state index contributed by atoms with van der Waals surface area (Å²) in [5.74, 6) is -0.0838. The first-order chi connectivity index (χ1) is 9.67. The highest BCUT2D eigenvalue weighted by Gasteiger charge is 2.15. The molecule has 0 aliphatic heterocycles. The average molecular weight is 355 g/mol. The van der Waals surface area contributed by atoms with Crippen molar-refractivity contribution in [2.45, 2.75) is 18.4 Å². The van der Waals surface area contributed by atoms with Crippen molar-refractivity contribution in [3.05, 3.63) is 28.8 Å². The minimum absolute atomic E-state index is 0.0838. The molecule has 0 spiro atoms. The number of nitrogens with one attached hydrogen (secondary N) is 2. The molecule has 0 radical (unpaired) electrons. The molecule has 0 aliphatic carbocycles. The molecule has 0 atom stereocenters. The van der Waals surface area contributed by atoms with Gasteiger partial charge in [0.15, 0.2) is 9.84 Å². The highest BCUT2D eigenvalue weighted by atomic mass is 35.5. The summed E-state index contributed by atoms with van der Waals surface area (Å²) in [5.41, 5.74) is 0.447. The van der Waals surface area contributed by atoms with E-state index in [4.69, 9.17) is 11.6 Å². The maximum atomic E-state index is 11.7. The Bertz CT molecular complexity index is 687. The molecule has 0 aromatic heterocycles. The number of benzene rings is 1. The Kier molecular flexibility index (Phi) is 6.61. The number of rotatable bonds is 8. The topological polar surface area (TPSA) is 92.3 Å². The van der Waals surface area contributed by atoms with Crippen molar-refractivity contribution in [1.29, 1.82) is 0 Å². The van der Waals surface area contributed by atoms with Crippen LogP contribution in [-0.4, -0.2) is 41.9 Å². The summed E-state index contributed by atoms with van der Waals surface area (Å²) in [7, 11) is -6.68. The first-order valence-corrected chi connectivity index (χ1v) is 10.2. The van der Waals surface area contributed by atoms with Crippen LogP contribution in [0.1, 0.15) is 12.5 Å². The molecule has 21 heavy (non-hydrogen) atoms. The van der Waals surface area contributed by atoms with Crippen LogP contribution in [-0.2, 0) is 26.4 Å². The van der Waals surface area contributed by atoms with Gasteiger partial charge >= 0.3 is 0 Å². The predicted octanol–water partition coefficient (Wildman–Crippen LogP) is 0.772. The van der Waals surface area contributed by atoms with Crippen LogP contribution in [0.15, 0.2) is 23.1 Å². The summed E-state index contributed by atoms with van der Waals surface area (Å²) in [6, 6.07) is 4.65. The predicted molar refractivity (Wildman–Crippen MR) is 83.7 cm³/mol. The molecule has 0 aliphatic rings. The summed E-state index contributed by atoms with van der Waals surface area (Å²) in [5, 5.41) is 3.23. The fourth-order valence-electron chi connectivity index (χ4n) is 1.77. The van der Waals surface area contributed by atoms with Crippen LogP contribution in [0.25, 0.3) is 0 Å². The van der Waals surface area contributed by atoms with Crippen LogP contribution in [0.4, 0.5) is 0 Å². The van der Waals surface area contributed by atoms with Gasteiger partial charge in [0.05, 0.1) is 10.6 Å². The third kappa shape index (κ3) is 5.91. The molecular formula is C12H19ClN2O4S2. The lowest BCUT2D eigenvalue weighted by molar-refractivity contribution is 0.577. The van der Waals surface area contributed by atoms with Crippen molar-refractivity contribution in [3.63, 3.8) is 0 Å². The van der Waals surface area contributed by atoms with Gasteiger partial charge in [0.1, 0.15) is 0 Å². The summed E-state index contributed by atoms with van der Waals surface area (Å²) in [6.45, 7) is 2.42. The largest absolute Gasteiger partial charge is 0.312 e. The Morgan fingerprint density at radius 1 is 1.19 bits per heavy atom. The van der Waals surface area contributed by atoms with E-state index in [-0.39, 0.29) is 23.7 Å². The quantitative estimate of drug-likeness (QED) is 0.673. The van der Waals surface area contributed by atoms with E-state index in [0.717, 1.165) is 6.26 Å². The van der Waals surface area contributed by atoms with Gasteiger partial charge in [0, 0.05) is 36.5 Å². The lowest BCUT2D eigenvalue weighted by Gasteiger charge is -2.11. The Hall–Kier alpha value is -0.670. The maximum Gasteiger partial charge on any atom is 0.212 e. The van der Waals surface area contributed by atoms with E-state index in [2.05, 4.69) is 10.0 Å². The molecule has 1 rings (SSSR count). The second-order valence-electron chi connectivity index (χ2n) is 4.48. The highest BCUT2D eigenvalue weighted by molar-refractivity contribution is 7.90. The van der Waals surface area contributed by atoms with Gasteiger partial charge in [-0.25, -0.2) is 21.6 Å². The molecule has 0 saturated heterocycles. The molecule has 0 heterocycles. The molecular weight excluding hydrogens is 336 g/mol. The zero-order valence-electron chi connectivity index (χ0n) is 11.9. The van der Waals surface area contributed by atoms with E-state index >= 15 is 0 Å². The summed E-state index contributed by atoms with van der Waals surface area (Å²) in [4.78, 5) is 0.150. The van der Waals surface area contributed by atoms with E-state index in [9.17, 15) is 16.8 Å². The van der Waals surface area contributed by atoms with E-state index in [0.29, 0.717) is 17.1 Å². The van der Waals surface area contributed by atoms with Crippen molar-refractivity contribution in [3.8, 4) is 0 Å². The van der Waals surface area contributed by atoms with Gasteiger partial charge in [-0.3, -0.25) is 0 Å². The first kappa shape index (κ1) is 18.4. The Balaban J connectivity index is 2.73. The van der Waals surface area contributed by atoms with Gasteiger partial charge in [0.25, 0.3) is 0 Å². The zero-order chi connectivity index (χ0) is 16.1. The molecule has 1 aromatic carbocycles. The molecule has 0 saturated carbocycles. The van der Waals surface area contributed by atoms with E-state index in [1.807, 2.05) is 0 Å². The summed E-state index contributed by atoms with van der Waals surface area (Å²) < 4.78 is 48.7. The molecule has 120 valence electrons. The number of hydrogen-bond acceptors (Lipinski definition) is 5.